The van der Waals surface area contributed by atoms with Crippen LogP contribution in [0.4, 0.5) is 0 Å². The van der Waals surface area contributed by atoms with Crippen molar-refractivity contribution in [1.82, 2.24) is 5.32 Å². The summed E-state index contributed by atoms with van der Waals surface area (Å²) in [5.74, 6) is -1.96. The molecule has 1 aliphatic rings. The van der Waals surface area contributed by atoms with Crippen LogP contribution in [0, 0.1) is 29.6 Å². The Kier molecular flexibility index (Phi) is 5.38. The van der Waals surface area contributed by atoms with Crippen LogP contribution in [0.3, 0.4) is 0 Å². The zero-order valence-corrected chi connectivity index (χ0v) is 13.3. The minimum absolute atomic E-state index is 0.0472. The second-order valence-corrected chi connectivity index (χ2v) is 6.34. The normalized spacial score (nSPS) is 17.2. The van der Waals surface area contributed by atoms with E-state index in [-0.39, 0.29) is 12.5 Å². The summed E-state index contributed by atoms with van der Waals surface area (Å²) >= 11 is 0. The highest BCUT2D eigenvalue weighted by Gasteiger charge is 2.41. The Hall–Kier alpha value is -2.35. The molecule has 0 bridgehead atoms. The molecule has 1 amide bonds. The van der Waals surface area contributed by atoms with Crippen LogP contribution in [0.5, 0.6) is 0 Å². The van der Waals surface area contributed by atoms with Gasteiger partial charge in [0.05, 0.1) is 12.0 Å². The van der Waals surface area contributed by atoms with Gasteiger partial charge >= 0.3 is 5.97 Å². The summed E-state index contributed by atoms with van der Waals surface area (Å²) in [5.41, 5.74) is 1.04. The summed E-state index contributed by atoms with van der Waals surface area (Å²) in [5, 5.41) is 21.4. The summed E-state index contributed by atoms with van der Waals surface area (Å²) in [4.78, 5) is 23.8. The Morgan fingerprint density at radius 2 is 2.09 bits per heavy atom. The van der Waals surface area contributed by atoms with Crippen molar-refractivity contribution in [2.45, 2.75) is 39.0 Å². The van der Waals surface area contributed by atoms with E-state index >= 15 is 0 Å². The number of benzene rings is 1. The quantitative estimate of drug-likeness (QED) is 0.844. The Balaban J connectivity index is 1.99. The lowest BCUT2D eigenvalue weighted by molar-refractivity contribution is -0.141. The van der Waals surface area contributed by atoms with E-state index in [0.717, 1.165) is 24.0 Å². The molecule has 23 heavy (non-hydrogen) atoms. The molecule has 0 aromatic heterocycles. The number of aryl methyl sites for hydroxylation is 1. The molecule has 1 unspecified atom stereocenters. The fourth-order valence-corrected chi connectivity index (χ4v) is 3.12. The largest absolute Gasteiger partial charge is 0.481 e. The Labute approximate surface area is 136 Å². The predicted molar refractivity (Wildman–Crippen MR) is 85.5 cm³/mol. The number of hydrogen-bond acceptors (Lipinski definition) is 3. The minimum atomic E-state index is -0.966. The number of nitriles is 1. The Morgan fingerprint density at radius 3 is 2.65 bits per heavy atom. The first kappa shape index (κ1) is 17.0. The number of rotatable bonds is 6. The van der Waals surface area contributed by atoms with Gasteiger partial charge in [-0.2, -0.15) is 5.26 Å². The van der Waals surface area contributed by atoms with Crippen molar-refractivity contribution in [3.63, 3.8) is 0 Å². The lowest BCUT2D eigenvalue weighted by atomic mass is 9.86. The molecular weight excluding hydrogens is 292 g/mol. The van der Waals surface area contributed by atoms with Crippen molar-refractivity contribution in [3.05, 3.63) is 35.4 Å². The molecule has 2 N–H and O–H groups in total. The van der Waals surface area contributed by atoms with Gasteiger partial charge in [0.2, 0.25) is 5.91 Å². The molecule has 2 rings (SSSR count). The number of nitrogens with zero attached hydrogens (tertiary/aromatic N) is 1. The summed E-state index contributed by atoms with van der Waals surface area (Å²) < 4.78 is 0. The topological polar surface area (TPSA) is 90.2 Å². The first-order chi connectivity index (χ1) is 11.0. The smallest absolute Gasteiger partial charge is 0.308 e. The Morgan fingerprint density at radius 1 is 1.39 bits per heavy atom. The summed E-state index contributed by atoms with van der Waals surface area (Å²) in [6.45, 7) is 2.00. The number of aliphatic carboxylic acids is 1. The van der Waals surface area contributed by atoms with Crippen LogP contribution in [-0.4, -0.2) is 23.5 Å². The molecule has 1 aliphatic carbocycles. The zero-order chi connectivity index (χ0) is 16.9. The SMILES string of the molecule is Cc1cccc(CC(CNC(=O)C2(C#N)CCCC2)C(=O)O)c1. The maximum Gasteiger partial charge on any atom is 0.308 e. The minimum Gasteiger partial charge on any atom is -0.481 e. The van der Waals surface area contributed by atoms with Gasteiger partial charge in [0.25, 0.3) is 0 Å². The van der Waals surface area contributed by atoms with Gasteiger partial charge in [-0.05, 0) is 31.7 Å². The Bertz CT molecular complexity index is 627. The molecule has 1 atom stereocenters. The number of hydrogen-bond donors (Lipinski definition) is 2. The number of amides is 1. The maximum atomic E-state index is 12.3. The molecule has 1 fully saturated rings. The second-order valence-electron chi connectivity index (χ2n) is 6.34. The van der Waals surface area contributed by atoms with E-state index in [9.17, 15) is 20.0 Å². The molecule has 0 spiro atoms. The van der Waals surface area contributed by atoms with Crippen molar-refractivity contribution in [1.29, 1.82) is 5.26 Å². The fraction of sp³-hybridized carbons (Fsp3) is 0.500. The molecule has 0 heterocycles. The van der Waals surface area contributed by atoms with Crippen molar-refractivity contribution >= 4 is 11.9 Å². The van der Waals surface area contributed by atoms with E-state index in [1.807, 2.05) is 31.2 Å². The highest BCUT2D eigenvalue weighted by atomic mass is 16.4. The summed E-state index contributed by atoms with van der Waals surface area (Å²) in [7, 11) is 0. The number of carboxylic acid groups (broad SMARTS) is 1. The molecule has 5 nitrogen and oxygen atoms in total. The first-order valence-corrected chi connectivity index (χ1v) is 7.95. The van der Waals surface area contributed by atoms with E-state index < -0.39 is 17.3 Å². The van der Waals surface area contributed by atoms with Crippen LogP contribution >= 0.6 is 0 Å². The summed E-state index contributed by atoms with van der Waals surface area (Å²) in [6.07, 6.45) is 3.21. The highest BCUT2D eigenvalue weighted by molar-refractivity contribution is 5.86. The first-order valence-electron chi connectivity index (χ1n) is 7.95. The standard InChI is InChI=1S/C18H22N2O3/c1-13-5-4-6-14(9-13)10-15(16(21)22)11-20-17(23)18(12-19)7-2-3-8-18/h4-6,9,15H,2-3,7-8,10-11H2,1H3,(H,20,23)(H,21,22). The molecule has 122 valence electrons. The molecule has 1 aromatic carbocycles. The third-order valence-corrected chi connectivity index (χ3v) is 4.53. The van der Waals surface area contributed by atoms with Crippen LogP contribution < -0.4 is 5.32 Å². The average molecular weight is 314 g/mol. The van der Waals surface area contributed by atoms with Crippen molar-refractivity contribution in [3.8, 4) is 6.07 Å². The van der Waals surface area contributed by atoms with E-state index in [1.165, 1.54) is 0 Å². The monoisotopic (exact) mass is 314 g/mol. The maximum absolute atomic E-state index is 12.3. The van der Waals surface area contributed by atoms with E-state index in [0.29, 0.717) is 19.3 Å². The number of nitrogens with one attached hydrogen (secondary N) is 1. The van der Waals surface area contributed by atoms with E-state index in [4.69, 9.17) is 0 Å². The van der Waals surface area contributed by atoms with Gasteiger partial charge in [-0.1, -0.05) is 42.7 Å². The second kappa shape index (κ2) is 7.28. The lowest BCUT2D eigenvalue weighted by Crippen LogP contribution is -2.42. The van der Waals surface area contributed by atoms with Gasteiger partial charge in [0, 0.05) is 6.54 Å². The van der Waals surface area contributed by atoms with Gasteiger partial charge in [0.1, 0.15) is 5.41 Å². The molecule has 0 saturated heterocycles. The van der Waals surface area contributed by atoms with E-state index in [1.54, 1.807) is 0 Å². The highest BCUT2D eigenvalue weighted by Crippen LogP contribution is 2.37. The van der Waals surface area contributed by atoms with Crippen molar-refractivity contribution in [2.75, 3.05) is 6.54 Å². The van der Waals surface area contributed by atoms with Crippen LogP contribution in [0.25, 0.3) is 0 Å². The van der Waals surface area contributed by atoms with Gasteiger partial charge in [-0.3, -0.25) is 9.59 Å². The molecular formula is C18H22N2O3. The van der Waals surface area contributed by atoms with Gasteiger partial charge in [-0.25, -0.2) is 0 Å². The van der Waals surface area contributed by atoms with Gasteiger partial charge in [-0.15, -0.1) is 0 Å². The van der Waals surface area contributed by atoms with E-state index in [2.05, 4.69) is 11.4 Å². The van der Waals surface area contributed by atoms with Crippen LogP contribution in [-0.2, 0) is 16.0 Å². The van der Waals surface area contributed by atoms with Crippen LogP contribution in [0.2, 0.25) is 0 Å². The molecule has 1 aromatic rings. The fourth-order valence-electron chi connectivity index (χ4n) is 3.12. The number of carboxylic acids is 1. The van der Waals surface area contributed by atoms with Crippen molar-refractivity contribution in [2.24, 2.45) is 11.3 Å². The third-order valence-electron chi connectivity index (χ3n) is 4.53. The molecule has 1 saturated carbocycles. The van der Waals surface area contributed by atoms with Crippen molar-refractivity contribution < 1.29 is 14.7 Å². The predicted octanol–water partition coefficient (Wildman–Crippen LogP) is 2.44. The van der Waals surface area contributed by atoms with Gasteiger partial charge < -0.3 is 10.4 Å². The average Bonchev–Trinajstić information content (AvgIpc) is 3.01. The van der Waals surface area contributed by atoms with Crippen LogP contribution in [0.15, 0.2) is 24.3 Å². The molecule has 0 aliphatic heterocycles. The summed E-state index contributed by atoms with van der Waals surface area (Å²) in [6, 6.07) is 9.82. The lowest BCUT2D eigenvalue weighted by Gasteiger charge is -2.21. The van der Waals surface area contributed by atoms with Gasteiger partial charge in [0.15, 0.2) is 0 Å². The number of carbonyl (C=O) groups is 2. The van der Waals surface area contributed by atoms with Crippen LogP contribution in [0.1, 0.15) is 36.8 Å². The zero-order valence-electron chi connectivity index (χ0n) is 13.3. The number of carbonyl (C=O) groups excluding carboxylic acids is 1. The third kappa shape index (κ3) is 4.10. The molecule has 0 radical (unpaired) electrons. The molecule has 5 heteroatoms.